The van der Waals surface area contributed by atoms with Crippen LogP contribution in [0.2, 0.25) is 10.0 Å². The number of carbonyl (C=O) groups excluding carboxylic acids is 2. The Hall–Kier alpha value is -1.30. The van der Waals surface area contributed by atoms with Crippen LogP contribution in [-0.4, -0.2) is 41.9 Å². The number of nitrogens with zero attached hydrogens (tertiary/aromatic N) is 1. The normalized spacial score (nSPS) is 12.8. The Bertz CT molecular complexity index is 615. The summed E-state index contributed by atoms with van der Waals surface area (Å²) in [5.74, 6) is -0.247. The molecular weight excluding hydrogens is 361 g/mol. The van der Waals surface area contributed by atoms with Gasteiger partial charge in [0.1, 0.15) is 0 Å². The van der Waals surface area contributed by atoms with Crippen LogP contribution in [0.3, 0.4) is 0 Å². The van der Waals surface area contributed by atoms with Crippen molar-refractivity contribution >= 4 is 35.0 Å². The molecule has 0 saturated heterocycles. The lowest BCUT2D eigenvalue weighted by atomic mass is 10.1. The lowest BCUT2D eigenvalue weighted by Crippen LogP contribution is -2.48. The molecule has 1 aromatic carbocycles. The molecule has 2 N–H and O–H groups in total. The van der Waals surface area contributed by atoms with Gasteiger partial charge in [-0.2, -0.15) is 0 Å². The number of halogens is 2. The monoisotopic (exact) mass is 387 g/mol. The maximum absolute atomic E-state index is 12.3. The van der Waals surface area contributed by atoms with E-state index < -0.39 is 0 Å². The van der Waals surface area contributed by atoms with Crippen molar-refractivity contribution in [3.8, 4) is 0 Å². The summed E-state index contributed by atoms with van der Waals surface area (Å²) in [6.45, 7) is 10.5. The van der Waals surface area contributed by atoms with Crippen molar-refractivity contribution in [2.45, 2.75) is 46.2 Å². The van der Waals surface area contributed by atoms with E-state index >= 15 is 0 Å². The average molecular weight is 388 g/mol. The first-order valence-corrected chi connectivity index (χ1v) is 9.05. The fourth-order valence-electron chi connectivity index (χ4n) is 2.30. The van der Waals surface area contributed by atoms with Gasteiger partial charge in [-0.15, -0.1) is 0 Å². The molecular formula is C18H27Cl2N3O2. The maximum Gasteiger partial charge on any atom is 0.234 e. The third kappa shape index (κ3) is 8.08. The van der Waals surface area contributed by atoms with E-state index in [1.54, 1.807) is 17.0 Å². The van der Waals surface area contributed by atoms with Crippen LogP contribution in [0.4, 0.5) is 0 Å². The van der Waals surface area contributed by atoms with Gasteiger partial charge < -0.3 is 10.6 Å². The smallest absolute Gasteiger partial charge is 0.234 e. The van der Waals surface area contributed by atoms with E-state index in [1.807, 2.05) is 40.7 Å². The van der Waals surface area contributed by atoms with Crippen molar-refractivity contribution < 1.29 is 9.59 Å². The number of hydrogen-bond acceptors (Lipinski definition) is 3. The van der Waals surface area contributed by atoms with Crippen LogP contribution < -0.4 is 10.6 Å². The second-order valence-electron chi connectivity index (χ2n) is 7.06. The minimum absolute atomic E-state index is 0.0975. The van der Waals surface area contributed by atoms with Crippen molar-refractivity contribution in [3.63, 3.8) is 0 Å². The average Bonchev–Trinajstić information content (AvgIpc) is 2.47. The van der Waals surface area contributed by atoms with Gasteiger partial charge >= 0.3 is 0 Å². The van der Waals surface area contributed by atoms with Crippen LogP contribution in [0.5, 0.6) is 0 Å². The van der Waals surface area contributed by atoms with E-state index in [2.05, 4.69) is 10.6 Å². The van der Waals surface area contributed by atoms with Crippen LogP contribution in [0.15, 0.2) is 18.2 Å². The molecule has 0 saturated carbocycles. The molecule has 7 heteroatoms. The van der Waals surface area contributed by atoms with Crippen LogP contribution in [-0.2, 0) is 9.59 Å². The van der Waals surface area contributed by atoms with E-state index in [1.165, 1.54) is 0 Å². The van der Waals surface area contributed by atoms with E-state index in [0.717, 1.165) is 5.56 Å². The Morgan fingerprint density at radius 2 is 1.72 bits per heavy atom. The Morgan fingerprint density at radius 1 is 1.12 bits per heavy atom. The zero-order chi connectivity index (χ0) is 19.2. The molecule has 0 aliphatic carbocycles. The van der Waals surface area contributed by atoms with Gasteiger partial charge in [0.2, 0.25) is 11.8 Å². The minimum atomic E-state index is -0.291. The first kappa shape index (κ1) is 21.7. The summed E-state index contributed by atoms with van der Waals surface area (Å²) in [7, 11) is 0. The molecule has 5 nitrogen and oxygen atoms in total. The Morgan fingerprint density at radius 3 is 2.24 bits per heavy atom. The zero-order valence-corrected chi connectivity index (χ0v) is 17.0. The summed E-state index contributed by atoms with van der Waals surface area (Å²) in [6.07, 6.45) is 0. The van der Waals surface area contributed by atoms with Gasteiger partial charge in [0.05, 0.1) is 29.2 Å². The molecule has 2 amide bonds. The molecule has 0 aromatic heterocycles. The number of rotatable bonds is 7. The molecule has 0 fully saturated rings. The summed E-state index contributed by atoms with van der Waals surface area (Å²) in [5.41, 5.74) is 0.581. The molecule has 1 aromatic rings. The second kappa shape index (κ2) is 9.41. The van der Waals surface area contributed by atoms with Crippen LogP contribution in [0, 0.1) is 0 Å². The van der Waals surface area contributed by atoms with Gasteiger partial charge in [0, 0.05) is 5.54 Å². The van der Waals surface area contributed by atoms with Gasteiger partial charge in [0.25, 0.3) is 0 Å². The molecule has 25 heavy (non-hydrogen) atoms. The number of amides is 2. The Balaban J connectivity index is 2.57. The highest BCUT2D eigenvalue weighted by Gasteiger charge is 2.18. The Kier molecular flexibility index (Phi) is 8.19. The van der Waals surface area contributed by atoms with Crippen LogP contribution in [0.25, 0.3) is 0 Å². The van der Waals surface area contributed by atoms with Crippen LogP contribution in [0.1, 0.15) is 46.2 Å². The van der Waals surface area contributed by atoms with Gasteiger partial charge in [-0.05, 0) is 51.9 Å². The lowest BCUT2D eigenvalue weighted by molar-refractivity contribution is -0.126. The topological polar surface area (TPSA) is 61.4 Å². The molecule has 1 atom stereocenters. The molecule has 0 aliphatic heterocycles. The summed E-state index contributed by atoms with van der Waals surface area (Å²) in [4.78, 5) is 26.1. The third-order valence-electron chi connectivity index (χ3n) is 3.52. The number of nitrogens with one attached hydrogen (secondary N) is 2. The lowest BCUT2D eigenvalue weighted by Gasteiger charge is -2.25. The van der Waals surface area contributed by atoms with Gasteiger partial charge in [-0.1, -0.05) is 36.2 Å². The standard InChI is InChI=1S/C18H27Cl2N3O2/c1-6-23(11-17(25)22-18(3,4)5)10-16(24)21-12(2)13-7-8-14(19)15(20)9-13/h7-9,12H,6,10-11H2,1-5H3,(H,21,24)(H,22,25)/t12-/m1/s1. The van der Waals surface area contributed by atoms with Crippen molar-refractivity contribution in [1.82, 2.24) is 15.5 Å². The van der Waals surface area contributed by atoms with Gasteiger partial charge in [0.15, 0.2) is 0 Å². The summed E-state index contributed by atoms with van der Waals surface area (Å²) in [6, 6.07) is 5.07. The summed E-state index contributed by atoms with van der Waals surface area (Å²) >= 11 is 11.9. The number of likely N-dealkylation sites (N-methyl/N-ethyl adjacent to an activating group) is 1. The fourth-order valence-corrected chi connectivity index (χ4v) is 2.60. The van der Waals surface area contributed by atoms with Crippen molar-refractivity contribution in [2.75, 3.05) is 19.6 Å². The molecule has 0 bridgehead atoms. The highest BCUT2D eigenvalue weighted by atomic mass is 35.5. The van der Waals surface area contributed by atoms with Crippen molar-refractivity contribution in [2.24, 2.45) is 0 Å². The Labute approximate surface area is 160 Å². The second-order valence-corrected chi connectivity index (χ2v) is 7.88. The van der Waals surface area contributed by atoms with Crippen molar-refractivity contribution in [1.29, 1.82) is 0 Å². The van der Waals surface area contributed by atoms with Crippen molar-refractivity contribution in [3.05, 3.63) is 33.8 Å². The van der Waals surface area contributed by atoms with Gasteiger partial charge in [-0.3, -0.25) is 14.5 Å². The van der Waals surface area contributed by atoms with E-state index in [9.17, 15) is 9.59 Å². The first-order valence-electron chi connectivity index (χ1n) is 8.29. The van der Waals surface area contributed by atoms with Gasteiger partial charge in [-0.25, -0.2) is 0 Å². The molecule has 0 aliphatic rings. The summed E-state index contributed by atoms with van der Waals surface area (Å²) in [5, 5.41) is 6.74. The van der Waals surface area contributed by atoms with E-state index in [-0.39, 0.29) is 36.5 Å². The predicted molar refractivity (Wildman–Crippen MR) is 103 cm³/mol. The first-order chi connectivity index (χ1) is 11.5. The summed E-state index contributed by atoms with van der Waals surface area (Å²) < 4.78 is 0. The molecule has 0 radical (unpaired) electrons. The molecule has 0 spiro atoms. The number of carbonyl (C=O) groups is 2. The largest absolute Gasteiger partial charge is 0.350 e. The molecule has 1 rings (SSSR count). The van der Waals surface area contributed by atoms with Crippen LogP contribution >= 0.6 is 23.2 Å². The molecule has 0 unspecified atom stereocenters. The molecule has 0 heterocycles. The third-order valence-corrected chi connectivity index (χ3v) is 4.26. The quantitative estimate of drug-likeness (QED) is 0.753. The van der Waals surface area contributed by atoms with E-state index in [4.69, 9.17) is 23.2 Å². The fraction of sp³-hybridized carbons (Fsp3) is 0.556. The molecule has 140 valence electrons. The predicted octanol–water partition coefficient (Wildman–Crippen LogP) is 3.41. The SMILES string of the molecule is CCN(CC(=O)N[C@H](C)c1ccc(Cl)c(Cl)c1)CC(=O)NC(C)(C)C. The minimum Gasteiger partial charge on any atom is -0.350 e. The maximum atomic E-state index is 12.3. The zero-order valence-electron chi connectivity index (χ0n) is 15.5. The van der Waals surface area contributed by atoms with E-state index in [0.29, 0.717) is 16.6 Å². The number of hydrogen-bond donors (Lipinski definition) is 2. The highest BCUT2D eigenvalue weighted by Crippen LogP contribution is 2.25. The highest BCUT2D eigenvalue weighted by molar-refractivity contribution is 6.42. The number of benzene rings is 1.